The van der Waals surface area contributed by atoms with Gasteiger partial charge in [0, 0.05) is 11.6 Å². The Bertz CT molecular complexity index is 962. The van der Waals surface area contributed by atoms with E-state index in [0.717, 1.165) is 12.8 Å². The van der Waals surface area contributed by atoms with Crippen LogP contribution < -0.4 is 5.56 Å². The highest BCUT2D eigenvalue weighted by Gasteiger charge is 2.28. The normalized spacial score (nSPS) is 14.0. The number of fused-ring (bicyclic) bond motifs is 1. The number of rotatable bonds is 5. The molecule has 0 saturated heterocycles. The Morgan fingerprint density at radius 1 is 1.08 bits per heavy atom. The van der Waals surface area contributed by atoms with E-state index in [9.17, 15) is 9.59 Å². The second kappa shape index (κ2) is 6.24. The quantitative estimate of drug-likeness (QED) is 0.405. The number of benzene rings is 2. The average Bonchev–Trinajstić information content (AvgIpc) is 3.45. The maximum atomic E-state index is 12.8. The molecule has 0 atom stereocenters. The van der Waals surface area contributed by atoms with Crippen LogP contribution in [-0.2, 0) is 0 Å². The monoisotopic (exact) mass is 336 g/mol. The summed E-state index contributed by atoms with van der Waals surface area (Å²) in [7, 11) is 0. The van der Waals surface area contributed by atoms with Gasteiger partial charge in [-0.3, -0.25) is 14.2 Å². The molecule has 0 bridgehead atoms. The summed E-state index contributed by atoms with van der Waals surface area (Å²) in [6, 6.07) is 16.8. The van der Waals surface area contributed by atoms with Crippen LogP contribution in [0.3, 0.4) is 0 Å². The number of para-hydroxylation sites is 1. The lowest BCUT2D eigenvalue weighted by atomic mass is 10.2. The van der Waals surface area contributed by atoms with Gasteiger partial charge in [-0.25, -0.2) is 4.98 Å². The van der Waals surface area contributed by atoms with Gasteiger partial charge in [0.15, 0.2) is 10.9 Å². The van der Waals surface area contributed by atoms with Crippen molar-refractivity contribution in [2.24, 2.45) is 0 Å². The maximum absolute atomic E-state index is 12.8. The highest BCUT2D eigenvalue weighted by molar-refractivity contribution is 7.99. The molecule has 1 fully saturated rings. The van der Waals surface area contributed by atoms with Crippen molar-refractivity contribution in [3.63, 3.8) is 0 Å². The van der Waals surface area contributed by atoms with Gasteiger partial charge in [0.25, 0.3) is 5.56 Å². The summed E-state index contributed by atoms with van der Waals surface area (Å²) < 4.78 is 1.77. The maximum Gasteiger partial charge on any atom is 0.262 e. The van der Waals surface area contributed by atoms with Gasteiger partial charge >= 0.3 is 0 Å². The van der Waals surface area contributed by atoms with Gasteiger partial charge in [0.2, 0.25) is 0 Å². The van der Waals surface area contributed by atoms with Gasteiger partial charge in [0.1, 0.15) is 0 Å². The van der Waals surface area contributed by atoms with Gasteiger partial charge in [-0.1, -0.05) is 54.2 Å². The molecule has 4 rings (SSSR count). The van der Waals surface area contributed by atoms with E-state index in [2.05, 4.69) is 4.98 Å². The third-order valence-electron chi connectivity index (χ3n) is 4.12. The fraction of sp³-hybridized carbons (Fsp3) is 0.211. The second-order valence-corrected chi connectivity index (χ2v) is 6.84. The minimum Gasteiger partial charge on any atom is -0.293 e. The van der Waals surface area contributed by atoms with Crippen LogP contribution in [0.5, 0.6) is 0 Å². The molecular weight excluding hydrogens is 320 g/mol. The molecule has 0 aliphatic heterocycles. The Kier molecular flexibility index (Phi) is 3.94. The molecular formula is C19H16N2O2S. The van der Waals surface area contributed by atoms with E-state index in [0.29, 0.717) is 21.6 Å². The molecule has 4 nitrogen and oxygen atoms in total. The minimum absolute atomic E-state index is 0.00207. The summed E-state index contributed by atoms with van der Waals surface area (Å²) in [4.78, 5) is 29.7. The third-order valence-corrected chi connectivity index (χ3v) is 5.07. The lowest BCUT2D eigenvalue weighted by Crippen LogP contribution is -2.22. The largest absolute Gasteiger partial charge is 0.293 e. The highest BCUT2D eigenvalue weighted by Crippen LogP contribution is 2.36. The zero-order chi connectivity index (χ0) is 16.5. The number of hydrogen-bond acceptors (Lipinski definition) is 4. The van der Waals surface area contributed by atoms with Crippen LogP contribution in [-0.4, -0.2) is 21.1 Å². The summed E-state index contributed by atoms with van der Waals surface area (Å²) >= 11 is 1.35. The average molecular weight is 336 g/mol. The van der Waals surface area contributed by atoms with Gasteiger partial charge in [-0.2, -0.15) is 0 Å². The fourth-order valence-corrected chi connectivity index (χ4v) is 3.68. The molecule has 5 heteroatoms. The lowest BCUT2D eigenvalue weighted by molar-refractivity contribution is 0.102. The number of nitrogens with zero attached hydrogens (tertiary/aromatic N) is 2. The molecule has 1 saturated carbocycles. The van der Waals surface area contributed by atoms with Crippen LogP contribution in [0.25, 0.3) is 10.9 Å². The first-order chi connectivity index (χ1) is 11.7. The third kappa shape index (κ3) is 2.87. The molecule has 3 aromatic rings. The summed E-state index contributed by atoms with van der Waals surface area (Å²) in [5.41, 5.74) is 1.37. The molecule has 0 spiro atoms. The van der Waals surface area contributed by atoms with Crippen molar-refractivity contribution in [2.75, 3.05) is 5.75 Å². The molecule has 24 heavy (non-hydrogen) atoms. The van der Waals surface area contributed by atoms with E-state index >= 15 is 0 Å². The Balaban J connectivity index is 1.67. The molecule has 1 heterocycles. The summed E-state index contributed by atoms with van der Waals surface area (Å²) in [6.45, 7) is 0. The first kappa shape index (κ1) is 15.1. The first-order valence-electron chi connectivity index (χ1n) is 7.96. The van der Waals surface area contributed by atoms with E-state index in [-0.39, 0.29) is 23.1 Å². The van der Waals surface area contributed by atoms with Gasteiger partial charge in [-0.15, -0.1) is 0 Å². The minimum atomic E-state index is -0.00207. The molecule has 1 aliphatic rings. The summed E-state index contributed by atoms with van der Waals surface area (Å²) in [5, 5.41) is 1.29. The fourth-order valence-electron chi connectivity index (χ4n) is 2.72. The van der Waals surface area contributed by atoms with Crippen molar-refractivity contribution in [3.8, 4) is 0 Å². The second-order valence-electron chi connectivity index (χ2n) is 5.90. The van der Waals surface area contributed by atoms with Gasteiger partial charge in [0.05, 0.1) is 16.7 Å². The molecule has 0 radical (unpaired) electrons. The highest BCUT2D eigenvalue weighted by atomic mass is 32.2. The Hall–Kier alpha value is -2.40. The van der Waals surface area contributed by atoms with E-state index in [4.69, 9.17) is 0 Å². The number of carbonyl (C=O) groups is 1. The number of carbonyl (C=O) groups excluding carboxylic acids is 1. The number of Topliss-reactive ketones (excluding diaryl/α,β-unsaturated/α-hetero) is 1. The molecule has 0 unspecified atom stereocenters. The van der Waals surface area contributed by atoms with Crippen LogP contribution in [0.15, 0.2) is 64.5 Å². The Morgan fingerprint density at radius 3 is 2.54 bits per heavy atom. The predicted molar refractivity (Wildman–Crippen MR) is 95.8 cm³/mol. The molecule has 120 valence electrons. The zero-order valence-corrected chi connectivity index (χ0v) is 13.8. The van der Waals surface area contributed by atoms with Crippen molar-refractivity contribution in [3.05, 3.63) is 70.5 Å². The Labute approximate surface area is 143 Å². The first-order valence-corrected chi connectivity index (χ1v) is 8.95. The van der Waals surface area contributed by atoms with Crippen molar-refractivity contribution in [2.45, 2.75) is 24.0 Å². The van der Waals surface area contributed by atoms with Gasteiger partial charge in [-0.05, 0) is 25.0 Å². The van der Waals surface area contributed by atoms with Gasteiger partial charge < -0.3 is 0 Å². The van der Waals surface area contributed by atoms with Crippen LogP contribution >= 0.6 is 11.8 Å². The lowest BCUT2D eigenvalue weighted by Gasteiger charge is -2.12. The van der Waals surface area contributed by atoms with E-state index in [1.165, 1.54) is 11.8 Å². The van der Waals surface area contributed by atoms with Crippen molar-refractivity contribution < 1.29 is 4.79 Å². The smallest absolute Gasteiger partial charge is 0.262 e. The number of hydrogen-bond donors (Lipinski definition) is 0. The van der Waals surface area contributed by atoms with Crippen LogP contribution in [0.2, 0.25) is 0 Å². The van der Waals surface area contributed by atoms with Crippen molar-refractivity contribution in [1.82, 2.24) is 9.55 Å². The molecule has 1 aliphatic carbocycles. The van der Waals surface area contributed by atoms with E-state index < -0.39 is 0 Å². The number of aromatic nitrogens is 2. The molecule has 0 amide bonds. The van der Waals surface area contributed by atoms with Crippen molar-refractivity contribution >= 4 is 28.4 Å². The Morgan fingerprint density at radius 2 is 1.79 bits per heavy atom. The topological polar surface area (TPSA) is 52.0 Å². The van der Waals surface area contributed by atoms with E-state index in [1.54, 1.807) is 4.57 Å². The standard InChI is InChI=1S/C19H16N2O2S/c22-17(13-6-2-1-3-7-13)12-24-19-20-16-9-5-4-8-15(16)18(23)21(19)14-10-11-14/h1-9,14H,10-12H2. The van der Waals surface area contributed by atoms with Crippen LogP contribution in [0.1, 0.15) is 29.2 Å². The summed E-state index contributed by atoms with van der Waals surface area (Å²) in [5.74, 6) is 0.326. The van der Waals surface area contributed by atoms with Crippen molar-refractivity contribution in [1.29, 1.82) is 0 Å². The SMILES string of the molecule is O=C(CSc1nc2ccccc2c(=O)n1C1CC1)c1ccccc1. The van der Waals surface area contributed by atoms with Crippen LogP contribution in [0.4, 0.5) is 0 Å². The molecule has 0 N–H and O–H groups in total. The predicted octanol–water partition coefficient (Wildman–Crippen LogP) is 3.71. The molecule has 2 aromatic carbocycles. The number of thioether (sulfide) groups is 1. The van der Waals surface area contributed by atoms with E-state index in [1.807, 2.05) is 54.6 Å². The summed E-state index contributed by atoms with van der Waals surface area (Å²) in [6.07, 6.45) is 2.00. The zero-order valence-electron chi connectivity index (χ0n) is 13.0. The van der Waals surface area contributed by atoms with Crippen LogP contribution in [0, 0.1) is 0 Å². The number of ketones is 1. The molecule has 1 aromatic heterocycles.